The molecule has 3 aliphatic rings. The first-order chi connectivity index (χ1) is 10.6. The molecule has 3 rings (SSSR count). The van der Waals surface area contributed by atoms with E-state index in [1.165, 1.54) is 0 Å². The lowest BCUT2D eigenvalue weighted by Gasteiger charge is -2.35. The standard InChI is InChI=1S/C15H21N3O4/c1-2-22-15(21)17-7-5-16(6-8-17)13(19)10-18-12-4-3-11(9-12)14(18)20/h3-4,11-12H,2,5-10H2,1H3. The van der Waals surface area contributed by atoms with Crippen LogP contribution >= 0.6 is 0 Å². The predicted molar refractivity (Wildman–Crippen MR) is 77.9 cm³/mol. The van der Waals surface area contributed by atoms with E-state index >= 15 is 0 Å². The summed E-state index contributed by atoms with van der Waals surface area (Å²) in [7, 11) is 0. The minimum Gasteiger partial charge on any atom is -0.450 e. The summed E-state index contributed by atoms with van der Waals surface area (Å²) < 4.78 is 4.96. The Kier molecular flexibility index (Phi) is 4.04. The molecule has 1 aliphatic carbocycles. The molecule has 2 aliphatic heterocycles. The fourth-order valence-corrected chi connectivity index (χ4v) is 3.26. The molecular weight excluding hydrogens is 286 g/mol. The van der Waals surface area contributed by atoms with Crippen LogP contribution < -0.4 is 0 Å². The van der Waals surface area contributed by atoms with Gasteiger partial charge in [0.05, 0.1) is 18.6 Å². The van der Waals surface area contributed by atoms with Gasteiger partial charge in [0.2, 0.25) is 11.8 Å². The Morgan fingerprint density at radius 3 is 2.45 bits per heavy atom. The van der Waals surface area contributed by atoms with Crippen LogP contribution in [-0.2, 0) is 14.3 Å². The normalized spacial score (nSPS) is 26.8. The van der Waals surface area contributed by atoms with E-state index < -0.39 is 0 Å². The highest BCUT2D eigenvalue weighted by Crippen LogP contribution is 2.32. The summed E-state index contributed by atoms with van der Waals surface area (Å²) >= 11 is 0. The van der Waals surface area contributed by atoms with Crippen molar-refractivity contribution in [2.45, 2.75) is 19.4 Å². The van der Waals surface area contributed by atoms with Crippen molar-refractivity contribution in [1.29, 1.82) is 0 Å². The lowest BCUT2D eigenvalue weighted by Crippen LogP contribution is -2.53. The second-order valence-electron chi connectivity index (χ2n) is 5.83. The number of nitrogens with zero attached hydrogens (tertiary/aromatic N) is 3. The quantitative estimate of drug-likeness (QED) is 0.692. The van der Waals surface area contributed by atoms with Gasteiger partial charge < -0.3 is 19.4 Å². The zero-order valence-electron chi connectivity index (χ0n) is 12.7. The molecule has 2 unspecified atom stereocenters. The predicted octanol–water partition coefficient (Wildman–Crippen LogP) is 0.0740. The lowest BCUT2D eigenvalue weighted by atomic mass is 10.1. The molecule has 2 saturated heterocycles. The van der Waals surface area contributed by atoms with Crippen LogP contribution in [0.15, 0.2) is 12.2 Å². The number of likely N-dealkylation sites (tertiary alicyclic amines) is 1. The molecule has 0 spiro atoms. The maximum absolute atomic E-state index is 12.4. The molecule has 0 N–H and O–H groups in total. The Labute approximate surface area is 129 Å². The van der Waals surface area contributed by atoms with Gasteiger partial charge in [-0.2, -0.15) is 0 Å². The molecule has 0 aromatic rings. The third kappa shape index (κ3) is 2.67. The largest absolute Gasteiger partial charge is 0.450 e. The molecule has 2 fully saturated rings. The van der Waals surface area contributed by atoms with E-state index in [-0.39, 0.29) is 36.4 Å². The summed E-state index contributed by atoms with van der Waals surface area (Å²) in [6.45, 7) is 4.20. The molecule has 22 heavy (non-hydrogen) atoms. The maximum atomic E-state index is 12.4. The molecular formula is C15H21N3O4. The highest BCUT2D eigenvalue weighted by Gasteiger charge is 2.42. The Morgan fingerprint density at radius 2 is 1.86 bits per heavy atom. The van der Waals surface area contributed by atoms with Crippen molar-refractivity contribution in [1.82, 2.24) is 14.7 Å². The van der Waals surface area contributed by atoms with Gasteiger partial charge in [0.1, 0.15) is 6.54 Å². The molecule has 2 heterocycles. The number of rotatable bonds is 3. The van der Waals surface area contributed by atoms with Crippen LogP contribution in [0.4, 0.5) is 4.79 Å². The van der Waals surface area contributed by atoms with Gasteiger partial charge in [-0.1, -0.05) is 12.2 Å². The molecule has 0 saturated carbocycles. The van der Waals surface area contributed by atoms with Crippen LogP contribution in [0, 0.1) is 5.92 Å². The number of carbonyl (C=O) groups excluding carboxylic acids is 3. The van der Waals surface area contributed by atoms with Gasteiger partial charge in [-0.3, -0.25) is 9.59 Å². The summed E-state index contributed by atoms with van der Waals surface area (Å²) in [5, 5.41) is 0. The smallest absolute Gasteiger partial charge is 0.409 e. The third-order valence-corrected chi connectivity index (χ3v) is 4.53. The molecule has 120 valence electrons. The summed E-state index contributed by atoms with van der Waals surface area (Å²) in [5.41, 5.74) is 0. The minimum absolute atomic E-state index is 0.0292. The van der Waals surface area contributed by atoms with Crippen LogP contribution in [0.1, 0.15) is 13.3 Å². The van der Waals surface area contributed by atoms with Crippen LogP contribution in [0.2, 0.25) is 0 Å². The number of amides is 3. The molecule has 0 aromatic heterocycles. The van der Waals surface area contributed by atoms with Crippen LogP contribution in [0.3, 0.4) is 0 Å². The Balaban J connectivity index is 1.49. The third-order valence-electron chi connectivity index (χ3n) is 4.53. The van der Waals surface area contributed by atoms with Crippen molar-refractivity contribution in [3.8, 4) is 0 Å². The van der Waals surface area contributed by atoms with Crippen molar-refractivity contribution < 1.29 is 19.1 Å². The van der Waals surface area contributed by atoms with Gasteiger partial charge in [0.25, 0.3) is 0 Å². The lowest BCUT2D eigenvalue weighted by molar-refractivity contribution is -0.141. The molecule has 7 nitrogen and oxygen atoms in total. The number of hydrogen-bond acceptors (Lipinski definition) is 4. The number of carbonyl (C=O) groups is 3. The molecule has 3 amide bonds. The van der Waals surface area contributed by atoms with E-state index in [2.05, 4.69) is 0 Å². The maximum Gasteiger partial charge on any atom is 0.409 e. The zero-order chi connectivity index (χ0) is 15.7. The van der Waals surface area contributed by atoms with Gasteiger partial charge in [-0.15, -0.1) is 0 Å². The first-order valence-electron chi connectivity index (χ1n) is 7.78. The van der Waals surface area contributed by atoms with Crippen molar-refractivity contribution in [3.05, 3.63) is 12.2 Å². The SMILES string of the molecule is CCOC(=O)N1CCN(C(=O)CN2C(=O)C3C=CC2C3)CC1. The molecule has 0 radical (unpaired) electrons. The van der Waals surface area contributed by atoms with Crippen molar-refractivity contribution >= 4 is 17.9 Å². The topological polar surface area (TPSA) is 70.2 Å². The van der Waals surface area contributed by atoms with Gasteiger partial charge in [-0.05, 0) is 13.3 Å². The Hall–Kier alpha value is -2.05. The van der Waals surface area contributed by atoms with Crippen LogP contribution in [0.5, 0.6) is 0 Å². The monoisotopic (exact) mass is 307 g/mol. The van der Waals surface area contributed by atoms with E-state index in [4.69, 9.17) is 4.74 Å². The second kappa shape index (κ2) is 5.98. The van der Waals surface area contributed by atoms with E-state index in [0.29, 0.717) is 32.8 Å². The summed E-state index contributed by atoms with van der Waals surface area (Å²) in [4.78, 5) is 41.0. The first-order valence-corrected chi connectivity index (χ1v) is 7.78. The summed E-state index contributed by atoms with van der Waals surface area (Å²) in [6.07, 6.45) is 4.43. The number of hydrogen-bond donors (Lipinski definition) is 0. The minimum atomic E-state index is -0.327. The molecule has 0 aromatic carbocycles. The van der Waals surface area contributed by atoms with E-state index in [1.54, 1.807) is 21.6 Å². The summed E-state index contributed by atoms with van der Waals surface area (Å²) in [5.74, 6) is -0.0118. The first kappa shape index (κ1) is 14.9. The number of piperazine rings is 1. The van der Waals surface area contributed by atoms with Crippen LogP contribution in [0.25, 0.3) is 0 Å². The highest BCUT2D eigenvalue weighted by molar-refractivity contribution is 5.90. The van der Waals surface area contributed by atoms with Crippen LogP contribution in [-0.4, -0.2) is 78.0 Å². The van der Waals surface area contributed by atoms with Gasteiger partial charge >= 0.3 is 6.09 Å². The van der Waals surface area contributed by atoms with Gasteiger partial charge in [-0.25, -0.2) is 4.79 Å². The summed E-state index contributed by atoms with van der Waals surface area (Å²) in [6, 6.07) is 0.0854. The Morgan fingerprint density at radius 1 is 1.18 bits per heavy atom. The number of fused-ring (bicyclic) bond motifs is 2. The zero-order valence-corrected chi connectivity index (χ0v) is 12.7. The average molecular weight is 307 g/mol. The highest BCUT2D eigenvalue weighted by atomic mass is 16.6. The Bertz CT molecular complexity index is 511. The van der Waals surface area contributed by atoms with E-state index in [9.17, 15) is 14.4 Å². The van der Waals surface area contributed by atoms with Crippen molar-refractivity contribution in [3.63, 3.8) is 0 Å². The van der Waals surface area contributed by atoms with Crippen molar-refractivity contribution in [2.75, 3.05) is 39.3 Å². The fraction of sp³-hybridized carbons (Fsp3) is 0.667. The van der Waals surface area contributed by atoms with E-state index in [1.807, 2.05) is 12.2 Å². The number of ether oxygens (including phenoxy) is 1. The molecule has 7 heteroatoms. The molecule has 2 atom stereocenters. The molecule has 2 bridgehead atoms. The van der Waals surface area contributed by atoms with E-state index in [0.717, 1.165) is 6.42 Å². The van der Waals surface area contributed by atoms with Gasteiger partial charge in [0, 0.05) is 26.2 Å². The fourth-order valence-electron chi connectivity index (χ4n) is 3.26. The van der Waals surface area contributed by atoms with Gasteiger partial charge in [0.15, 0.2) is 0 Å². The average Bonchev–Trinajstić information content (AvgIpc) is 3.11. The second-order valence-corrected chi connectivity index (χ2v) is 5.83. The van der Waals surface area contributed by atoms with Crippen molar-refractivity contribution in [2.24, 2.45) is 5.92 Å².